The molecule has 0 saturated heterocycles. The highest BCUT2D eigenvalue weighted by molar-refractivity contribution is 5.69. The lowest BCUT2D eigenvalue weighted by Gasteiger charge is -2.03. The fraction of sp³-hybridized carbons (Fsp3) is 0.111. The Morgan fingerprint density at radius 1 is 1.47 bits per heavy atom. The second-order valence-electron chi connectivity index (χ2n) is 2.77. The molecule has 1 heterocycles. The molecule has 0 radical (unpaired) electrons. The number of aldehydes is 1. The average Bonchev–Trinajstić information content (AvgIpc) is 2.77. The van der Waals surface area contributed by atoms with Crippen LogP contribution in [0.3, 0.4) is 0 Å². The van der Waals surface area contributed by atoms with Crippen molar-refractivity contribution in [3.63, 3.8) is 0 Å². The molecule has 15 heavy (non-hydrogen) atoms. The third kappa shape index (κ3) is 1.69. The minimum atomic E-state index is 0.156. The zero-order valence-corrected chi connectivity index (χ0v) is 7.99. The Hall–Kier alpha value is -2.24. The highest BCUT2D eigenvalue weighted by Gasteiger charge is 2.06. The van der Waals surface area contributed by atoms with E-state index in [1.165, 1.54) is 4.68 Å². The normalized spacial score (nSPS) is 9.93. The van der Waals surface area contributed by atoms with Gasteiger partial charge in [0.25, 0.3) is 0 Å². The Labute approximate surface area is 85.5 Å². The van der Waals surface area contributed by atoms with Crippen LogP contribution < -0.4 is 4.74 Å². The minimum absolute atomic E-state index is 0.156. The molecule has 2 aromatic rings. The monoisotopic (exact) mass is 204 g/mol. The molecule has 0 amide bonds. The van der Waals surface area contributed by atoms with Crippen molar-refractivity contribution in [3.05, 3.63) is 30.1 Å². The molecule has 2 rings (SSSR count). The van der Waals surface area contributed by atoms with E-state index in [0.29, 0.717) is 17.7 Å². The van der Waals surface area contributed by atoms with E-state index in [1.54, 1.807) is 31.4 Å². The van der Waals surface area contributed by atoms with E-state index in [9.17, 15) is 4.79 Å². The maximum Gasteiger partial charge on any atom is 0.219 e. The van der Waals surface area contributed by atoms with Gasteiger partial charge >= 0.3 is 0 Å². The molecule has 1 aromatic carbocycles. The number of aromatic nitrogens is 4. The first-order valence-electron chi connectivity index (χ1n) is 4.23. The Balaban J connectivity index is 2.48. The van der Waals surface area contributed by atoms with E-state index in [0.717, 1.165) is 0 Å². The van der Waals surface area contributed by atoms with Gasteiger partial charge in [-0.05, 0) is 22.6 Å². The molecular weight excluding hydrogens is 196 g/mol. The van der Waals surface area contributed by atoms with Gasteiger partial charge in [0.15, 0.2) is 6.29 Å². The van der Waals surface area contributed by atoms with Crippen molar-refractivity contribution >= 4 is 6.29 Å². The highest BCUT2D eigenvalue weighted by Crippen LogP contribution is 2.15. The zero-order valence-electron chi connectivity index (χ0n) is 7.99. The Morgan fingerprint density at radius 2 is 2.33 bits per heavy atom. The Morgan fingerprint density at radius 3 is 3.07 bits per heavy atom. The van der Waals surface area contributed by atoms with E-state index in [4.69, 9.17) is 4.74 Å². The van der Waals surface area contributed by atoms with Crippen molar-refractivity contribution in [2.75, 3.05) is 7.11 Å². The second-order valence-corrected chi connectivity index (χ2v) is 2.77. The van der Waals surface area contributed by atoms with Crippen molar-refractivity contribution in [3.8, 4) is 11.4 Å². The Bertz CT molecular complexity index is 480. The second kappa shape index (κ2) is 3.87. The maximum atomic E-state index is 10.6. The summed E-state index contributed by atoms with van der Waals surface area (Å²) in [5.74, 6) is 0.836. The summed E-state index contributed by atoms with van der Waals surface area (Å²) < 4.78 is 6.40. The number of nitrogens with zero attached hydrogens (tertiary/aromatic N) is 4. The van der Waals surface area contributed by atoms with Crippen molar-refractivity contribution in [2.24, 2.45) is 0 Å². The van der Waals surface area contributed by atoms with Crippen LogP contribution in [-0.4, -0.2) is 33.6 Å². The van der Waals surface area contributed by atoms with Gasteiger partial charge in [-0.1, -0.05) is 6.07 Å². The summed E-state index contributed by atoms with van der Waals surface area (Å²) in [7, 11) is 1.57. The van der Waals surface area contributed by atoms with Gasteiger partial charge in [0.1, 0.15) is 5.75 Å². The molecule has 0 bridgehead atoms. The molecule has 1 aromatic heterocycles. The average molecular weight is 204 g/mol. The SMILES string of the molecule is COc1cccc(-n2nnnc2C=O)c1. The predicted octanol–water partition coefficient (Wildman–Crippen LogP) is 0.483. The summed E-state index contributed by atoms with van der Waals surface area (Å²) in [6, 6.07) is 7.12. The van der Waals surface area contributed by atoms with E-state index in [1.807, 2.05) is 0 Å². The van der Waals surface area contributed by atoms with Crippen LogP contribution in [0.4, 0.5) is 0 Å². The zero-order chi connectivity index (χ0) is 10.7. The minimum Gasteiger partial charge on any atom is -0.497 e. The number of hydrogen-bond acceptors (Lipinski definition) is 5. The molecule has 0 aliphatic rings. The summed E-state index contributed by atoms with van der Waals surface area (Å²) in [6.45, 7) is 0. The van der Waals surface area contributed by atoms with Gasteiger partial charge in [-0.25, -0.2) is 0 Å². The van der Waals surface area contributed by atoms with Crippen LogP contribution in [0.2, 0.25) is 0 Å². The number of rotatable bonds is 3. The lowest BCUT2D eigenvalue weighted by Crippen LogP contribution is -2.02. The topological polar surface area (TPSA) is 69.9 Å². The van der Waals surface area contributed by atoms with Crippen LogP contribution in [0.1, 0.15) is 10.6 Å². The molecule has 0 unspecified atom stereocenters. The molecule has 6 nitrogen and oxygen atoms in total. The van der Waals surface area contributed by atoms with E-state index >= 15 is 0 Å². The molecule has 0 spiro atoms. The van der Waals surface area contributed by atoms with Crippen LogP contribution in [0.15, 0.2) is 24.3 Å². The van der Waals surface area contributed by atoms with Crippen molar-refractivity contribution in [1.82, 2.24) is 20.2 Å². The molecule has 76 valence electrons. The molecule has 0 N–H and O–H groups in total. The molecule has 0 atom stereocenters. The number of methoxy groups -OCH3 is 1. The summed E-state index contributed by atoms with van der Waals surface area (Å²) >= 11 is 0. The van der Waals surface area contributed by atoms with Crippen LogP contribution in [-0.2, 0) is 0 Å². The number of tetrazole rings is 1. The van der Waals surface area contributed by atoms with Crippen molar-refractivity contribution in [2.45, 2.75) is 0 Å². The largest absolute Gasteiger partial charge is 0.497 e. The quantitative estimate of drug-likeness (QED) is 0.680. The first kappa shape index (κ1) is 9.32. The summed E-state index contributed by atoms with van der Waals surface area (Å²) in [5.41, 5.74) is 0.682. The highest BCUT2D eigenvalue weighted by atomic mass is 16.5. The van der Waals surface area contributed by atoms with Crippen LogP contribution in [0, 0.1) is 0 Å². The van der Waals surface area contributed by atoms with E-state index in [2.05, 4.69) is 15.5 Å². The van der Waals surface area contributed by atoms with Gasteiger partial charge in [0.05, 0.1) is 12.8 Å². The van der Waals surface area contributed by atoms with Crippen LogP contribution >= 0.6 is 0 Å². The van der Waals surface area contributed by atoms with Crippen LogP contribution in [0.25, 0.3) is 5.69 Å². The number of carbonyl (C=O) groups is 1. The lowest BCUT2D eigenvalue weighted by atomic mass is 10.3. The first-order valence-corrected chi connectivity index (χ1v) is 4.23. The summed E-state index contributed by atoms with van der Waals surface area (Å²) in [4.78, 5) is 10.6. The van der Waals surface area contributed by atoms with Crippen molar-refractivity contribution in [1.29, 1.82) is 0 Å². The van der Waals surface area contributed by atoms with E-state index < -0.39 is 0 Å². The Kier molecular flexibility index (Phi) is 2.40. The number of carbonyl (C=O) groups excluding carboxylic acids is 1. The molecule has 0 aliphatic carbocycles. The van der Waals surface area contributed by atoms with Gasteiger partial charge < -0.3 is 4.74 Å². The first-order chi connectivity index (χ1) is 7.35. The van der Waals surface area contributed by atoms with Gasteiger partial charge in [-0.15, -0.1) is 5.10 Å². The third-order valence-electron chi connectivity index (χ3n) is 1.90. The number of ether oxygens (including phenoxy) is 1. The summed E-state index contributed by atoms with van der Waals surface area (Å²) in [5, 5.41) is 10.7. The molecule has 6 heteroatoms. The fourth-order valence-electron chi connectivity index (χ4n) is 1.19. The lowest BCUT2D eigenvalue weighted by molar-refractivity contribution is 0.111. The third-order valence-corrected chi connectivity index (χ3v) is 1.90. The smallest absolute Gasteiger partial charge is 0.219 e. The molecule has 0 aliphatic heterocycles. The predicted molar refractivity (Wildman–Crippen MR) is 51.1 cm³/mol. The van der Waals surface area contributed by atoms with Gasteiger partial charge in [-0.2, -0.15) is 4.68 Å². The number of hydrogen-bond donors (Lipinski definition) is 0. The van der Waals surface area contributed by atoms with Crippen molar-refractivity contribution < 1.29 is 9.53 Å². The van der Waals surface area contributed by atoms with Gasteiger partial charge in [0.2, 0.25) is 5.82 Å². The number of benzene rings is 1. The fourth-order valence-corrected chi connectivity index (χ4v) is 1.19. The van der Waals surface area contributed by atoms with Gasteiger partial charge in [0, 0.05) is 6.07 Å². The standard InChI is InChI=1S/C9H8N4O2/c1-15-8-4-2-3-7(5-8)13-9(6-14)10-11-12-13/h2-6H,1H3. The molecule has 0 saturated carbocycles. The molecular formula is C9H8N4O2. The maximum absolute atomic E-state index is 10.6. The van der Waals surface area contributed by atoms with Gasteiger partial charge in [-0.3, -0.25) is 4.79 Å². The van der Waals surface area contributed by atoms with E-state index in [-0.39, 0.29) is 5.82 Å². The van der Waals surface area contributed by atoms with Crippen LogP contribution in [0.5, 0.6) is 5.75 Å². The molecule has 0 fully saturated rings. The summed E-state index contributed by atoms with van der Waals surface area (Å²) in [6.07, 6.45) is 0.597.